The lowest BCUT2D eigenvalue weighted by molar-refractivity contribution is -0.139. The van der Waals surface area contributed by atoms with E-state index in [2.05, 4.69) is 25.7 Å². The molecule has 2 N–H and O–H groups in total. The van der Waals surface area contributed by atoms with Gasteiger partial charge in [0.25, 0.3) is 6.43 Å². The number of rotatable bonds is 4. The zero-order valence-corrected chi connectivity index (χ0v) is 10.6. The fourth-order valence-corrected chi connectivity index (χ4v) is 1.88. The van der Waals surface area contributed by atoms with Crippen LogP contribution in [0.15, 0.2) is 10.7 Å². The van der Waals surface area contributed by atoms with E-state index in [1.54, 1.807) is 0 Å². The van der Waals surface area contributed by atoms with Gasteiger partial charge in [0.15, 0.2) is 0 Å². The number of halogens is 3. The average molecular weight is 309 g/mol. The van der Waals surface area contributed by atoms with Crippen LogP contribution in [0.3, 0.4) is 0 Å². The number of alkyl halides is 2. The Hall–Kier alpha value is -1.08. The Balaban J connectivity index is 3.25. The van der Waals surface area contributed by atoms with Crippen molar-refractivity contribution in [2.75, 3.05) is 7.11 Å². The fourth-order valence-electron chi connectivity index (χ4n) is 1.40. The van der Waals surface area contributed by atoms with Crippen LogP contribution in [0.4, 0.5) is 8.78 Å². The van der Waals surface area contributed by atoms with E-state index in [9.17, 15) is 13.6 Å². The number of methoxy groups -OCH3 is 1. The van der Waals surface area contributed by atoms with Gasteiger partial charge in [0.2, 0.25) is 0 Å². The second kappa shape index (κ2) is 6.02. The minimum absolute atomic E-state index is 0.00417. The van der Waals surface area contributed by atoms with Crippen LogP contribution in [-0.2, 0) is 22.5 Å². The summed E-state index contributed by atoms with van der Waals surface area (Å²) in [5.41, 5.74) is 5.37. The summed E-state index contributed by atoms with van der Waals surface area (Å²) in [4.78, 5) is 14.9. The van der Waals surface area contributed by atoms with Crippen molar-refractivity contribution >= 4 is 21.9 Å². The molecule has 0 atom stereocenters. The van der Waals surface area contributed by atoms with Crippen LogP contribution >= 0.6 is 15.9 Å². The van der Waals surface area contributed by atoms with Crippen molar-refractivity contribution in [2.24, 2.45) is 5.73 Å². The second-order valence-corrected chi connectivity index (χ2v) is 4.06. The van der Waals surface area contributed by atoms with E-state index in [-0.39, 0.29) is 29.8 Å². The first-order valence-corrected chi connectivity index (χ1v) is 5.51. The predicted octanol–water partition coefficient (Wildman–Crippen LogP) is 1.96. The number of nitrogens with two attached hydrogens (primary N) is 1. The van der Waals surface area contributed by atoms with Gasteiger partial charge >= 0.3 is 5.97 Å². The van der Waals surface area contributed by atoms with Crippen molar-refractivity contribution in [2.45, 2.75) is 19.4 Å². The summed E-state index contributed by atoms with van der Waals surface area (Å²) in [5, 5.41) is 0. The van der Waals surface area contributed by atoms with Gasteiger partial charge in [-0.3, -0.25) is 9.78 Å². The van der Waals surface area contributed by atoms with Gasteiger partial charge in [0, 0.05) is 22.8 Å². The molecule has 94 valence electrons. The highest BCUT2D eigenvalue weighted by Gasteiger charge is 2.22. The Labute approximate surface area is 105 Å². The number of carbonyl (C=O) groups excluding carboxylic acids is 1. The highest BCUT2D eigenvalue weighted by Crippen LogP contribution is 2.30. The number of pyridine rings is 1. The van der Waals surface area contributed by atoms with E-state index >= 15 is 0 Å². The van der Waals surface area contributed by atoms with E-state index in [4.69, 9.17) is 5.73 Å². The zero-order valence-electron chi connectivity index (χ0n) is 9.04. The number of ether oxygens (including phenoxy) is 1. The summed E-state index contributed by atoms with van der Waals surface area (Å²) in [7, 11) is 1.19. The molecule has 0 bridgehead atoms. The second-order valence-electron chi connectivity index (χ2n) is 3.20. The van der Waals surface area contributed by atoms with Crippen molar-refractivity contribution in [1.29, 1.82) is 0 Å². The molecule has 0 radical (unpaired) electrons. The molecule has 0 amide bonds. The van der Waals surface area contributed by atoms with Crippen molar-refractivity contribution in [3.05, 3.63) is 27.5 Å². The molecule has 0 aliphatic rings. The lowest BCUT2D eigenvalue weighted by Gasteiger charge is -2.13. The van der Waals surface area contributed by atoms with Crippen molar-refractivity contribution < 1.29 is 18.3 Å². The summed E-state index contributed by atoms with van der Waals surface area (Å²) < 4.78 is 30.7. The Morgan fingerprint density at radius 1 is 1.65 bits per heavy atom. The molecule has 0 aromatic carbocycles. The molecule has 0 spiro atoms. The van der Waals surface area contributed by atoms with E-state index in [0.717, 1.165) is 0 Å². The van der Waals surface area contributed by atoms with Gasteiger partial charge in [-0.25, -0.2) is 8.78 Å². The smallest absolute Gasteiger partial charge is 0.311 e. The number of hydrogen-bond donors (Lipinski definition) is 1. The summed E-state index contributed by atoms with van der Waals surface area (Å²) in [5.74, 6) is -0.621. The van der Waals surface area contributed by atoms with Crippen LogP contribution in [-0.4, -0.2) is 18.1 Å². The molecular weight excluding hydrogens is 298 g/mol. The highest BCUT2D eigenvalue weighted by molar-refractivity contribution is 9.10. The van der Waals surface area contributed by atoms with E-state index in [1.165, 1.54) is 13.3 Å². The normalized spacial score (nSPS) is 10.7. The van der Waals surface area contributed by atoms with Crippen LogP contribution in [0.5, 0.6) is 0 Å². The van der Waals surface area contributed by atoms with E-state index in [0.29, 0.717) is 4.47 Å². The van der Waals surface area contributed by atoms with Crippen LogP contribution in [0.25, 0.3) is 0 Å². The molecule has 0 unspecified atom stereocenters. The Morgan fingerprint density at radius 3 is 2.76 bits per heavy atom. The van der Waals surface area contributed by atoms with Crippen LogP contribution in [0, 0.1) is 0 Å². The topological polar surface area (TPSA) is 65.2 Å². The van der Waals surface area contributed by atoms with Crippen molar-refractivity contribution in [3.63, 3.8) is 0 Å². The maximum absolute atomic E-state index is 12.9. The first kappa shape index (κ1) is 14.0. The molecule has 4 nitrogen and oxygen atoms in total. The summed E-state index contributed by atoms with van der Waals surface area (Å²) in [6.45, 7) is -0.0586. The van der Waals surface area contributed by atoms with E-state index < -0.39 is 12.4 Å². The SMILES string of the molecule is COC(=O)Cc1ncc(Br)c(CN)c1C(F)F. The van der Waals surface area contributed by atoms with Gasteiger partial charge in [-0.15, -0.1) is 0 Å². The summed E-state index contributed by atoms with van der Waals surface area (Å²) in [6, 6.07) is 0. The molecule has 1 aromatic rings. The lowest BCUT2D eigenvalue weighted by atomic mass is 10.0. The third-order valence-electron chi connectivity index (χ3n) is 2.22. The standard InChI is InChI=1S/C10H11BrF2N2O2/c1-17-8(16)2-7-9(10(12)13)5(3-14)6(11)4-15-7/h4,10H,2-3,14H2,1H3. The third kappa shape index (κ3) is 3.19. The average Bonchev–Trinajstić information content (AvgIpc) is 2.30. The predicted molar refractivity (Wildman–Crippen MR) is 60.5 cm³/mol. The van der Waals surface area contributed by atoms with Gasteiger partial charge in [-0.05, 0) is 21.5 Å². The molecule has 1 aromatic heterocycles. The first-order chi connectivity index (χ1) is 8.01. The third-order valence-corrected chi connectivity index (χ3v) is 2.90. The quantitative estimate of drug-likeness (QED) is 0.864. The first-order valence-electron chi connectivity index (χ1n) is 4.72. The molecule has 0 aliphatic carbocycles. The molecule has 0 saturated carbocycles. The van der Waals surface area contributed by atoms with Gasteiger partial charge < -0.3 is 10.5 Å². The van der Waals surface area contributed by atoms with Crippen LogP contribution < -0.4 is 5.73 Å². The molecule has 1 rings (SSSR count). The summed E-state index contributed by atoms with van der Waals surface area (Å²) in [6.07, 6.45) is -1.68. The van der Waals surface area contributed by atoms with Crippen LogP contribution in [0.1, 0.15) is 23.2 Å². The van der Waals surface area contributed by atoms with Gasteiger partial charge in [0.1, 0.15) is 0 Å². The Kier molecular flexibility index (Phi) is 4.95. The van der Waals surface area contributed by atoms with Crippen LogP contribution in [0.2, 0.25) is 0 Å². The fraction of sp³-hybridized carbons (Fsp3) is 0.400. The number of carbonyl (C=O) groups is 1. The molecule has 17 heavy (non-hydrogen) atoms. The molecule has 0 saturated heterocycles. The monoisotopic (exact) mass is 308 g/mol. The highest BCUT2D eigenvalue weighted by atomic mass is 79.9. The minimum Gasteiger partial charge on any atom is -0.469 e. The van der Waals surface area contributed by atoms with Crippen molar-refractivity contribution in [1.82, 2.24) is 4.98 Å². The maximum Gasteiger partial charge on any atom is 0.311 e. The molecule has 0 fully saturated rings. The molecule has 0 aliphatic heterocycles. The number of aromatic nitrogens is 1. The van der Waals surface area contributed by atoms with Crippen molar-refractivity contribution in [3.8, 4) is 0 Å². The zero-order chi connectivity index (χ0) is 13.0. The Bertz CT molecular complexity index is 427. The lowest BCUT2D eigenvalue weighted by Crippen LogP contribution is -2.13. The Morgan fingerprint density at radius 2 is 2.29 bits per heavy atom. The minimum atomic E-state index is -2.74. The van der Waals surface area contributed by atoms with Gasteiger partial charge in [-0.1, -0.05) is 0 Å². The largest absolute Gasteiger partial charge is 0.469 e. The van der Waals surface area contributed by atoms with E-state index in [1.807, 2.05) is 0 Å². The molecule has 7 heteroatoms. The number of nitrogens with zero attached hydrogens (tertiary/aromatic N) is 1. The van der Waals surface area contributed by atoms with Gasteiger partial charge in [0.05, 0.1) is 19.2 Å². The molecule has 1 heterocycles. The number of hydrogen-bond acceptors (Lipinski definition) is 4. The van der Waals surface area contributed by atoms with Gasteiger partial charge in [-0.2, -0.15) is 0 Å². The summed E-state index contributed by atoms with van der Waals surface area (Å²) >= 11 is 3.10. The maximum atomic E-state index is 12.9. The molecular formula is C10H11BrF2N2O2. The number of esters is 1.